The standard InChI is InChI=1S/C16H11ClF3NO4/c1-8(22)12-6-9(17)7-13(14(12)23)15(24)21-10-2-4-11(5-3-10)25-16(18,19)20/h2-7,23H,1H3,(H,21,24). The van der Waals surface area contributed by atoms with Crippen LogP contribution < -0.4 is 10.1 Å². The number of benzene rings is 2. The minimum absolute atomic E-state index is 0.0714. The Morgan fingerprint density at radius 3 is 2.20 bits per heavy atom. The number of carbonyl (C=O) groups is 2. The first-order valence-corrected chi connectivity index (χ1v) is 7.15. The number of alkyl halides is 3. The zero-order chi connectivity index (χ0) is 18.8. The summed E-state index contributed by atoms with van der Waals surface area (Å²) in [5, 5.41) is 12.5. The molecule has 2 rings (SSSR count). The zero-order valence-electron chi connectivity index (χ0n) is 12.6. The van der Waals surface area contributed by atoms with Gasteiger partial charge in [-0.3, -0.25) is 9.59 Å². The van der Waals surface area contributed by atoms with E-state index in [1.165, 1.54) is 31.2 Å². The molecule has 0 bridgehead atoms. The summed E-state index contributed by atoms with van der Waals surface area (Å²) in [6.07, 6.45) is -4.82. The summed E-state index contributed by atoms with van der Waals surface area (Å²) >= 11 is 5.83. The predicted molar refractivity (Wildman–Crippen MR) is 84.2 cm³/mol. The monoisotopic (exact) mass is 373 g/mol. The number of ether oxygens (including phenoxy) is 1. The molecule has 0 heterocycles. The molecule has 132 valence electrons. The number of phenols is 1. The van der Waals surface area contributed by atoms with Crippen LogP contribution in [0.5, 0.6) is 11.5 Å². The fourth-order valence-corrected chi connectivity index (χ4v) is 2.20. The van der Waals surface area contributed by atoms with Gasteiger partial charge in [0.25, 0.3) is 5.91 Å². The molecule has 0 aliphatic heterocycles. The number of hydrogen-bond donors (Lipinski definition) is 2. The van der Waals surface area contributed by atoms with Crippen LogP contribution in [0, 0.1) is 0 Å². The molecule has 2 aromatic carbocycles. The first kappa shape index (κ1) is 18.6. The summed E-state index contributed by atoms with van der Waals surface area (Å²) in [6, 6.07) is 6.79. The third kappa shape index (κ3) is 4.87. The normalized spacial score (nSPS) is 11.1. The van der Waals surface area contributed by atoms with E-state index in [4.69, 9.17) is 11.6 Å². The van der Waals surface area contributed by atoms with E-state index in [9.17, 15) is 27.9 Å². The summed E-state index contributed by atoms with van der Waals surface area (Å²) in [5.41, 5.74) is -0.205. The Bertz CT molecular complexity index is 819. The van der Waals surface area contributed by atoms with Gasteiger partial charge in [-0.05, 0) is 43.3 Å². The molecule has 0 saturated carbocycles. The highest BCUT2D eigenvalue weighted by Crippen LogP contribution is 2.29. The molecule has 1 amide bonds. The number of phenolic OH excluding ortho intramolecular Hbond substituents is 1. The first-order chi connectivity index (χ1) is 11.6. The van der Waals surface area contributed by atoms with Gasteiger partial charge in [0.15, 0.2) is 5.78 Å². The number of aromatic hydroxyl groups is 1. The average molecular weight is 374 g/mol. The summed E-state index contributed by atoms with van der Waals surface area (Å²) in [7, 11) is 0. The molecule has 0 aliphatic carbocycles. The van der Waals surface area contributed by atoms with Gasteiger partial charge in [0.05, 0.1) is 11.1 Å². The number of halogens is 4. The second-order valence-electron chi connectivity index (χ2n) is 4.93. The lowest BCUT2D eigenvalue weighted by Gasteiger charge is -2.11. The van der Waals surface area contributed by atoms with Crippen LogP contribution in [0.4, 0.5) is 18.9 Å². The molecular formula is C16H11ClF3NO4. The van der Waals surface area contributed by atoms with E-state index < -0.39 is 29.6 Å². The van der Waals surface area contributed by atoms with Gasteiger partial charge in [-0.1, -0.05) is 11.6 Å². The van der Waals surface area contributed by atoms with Crippen molar-refractivity contribution >= 4 is 29.0 Å². The van der Waals surface area contributed by atoms with Crippen LogP contribution in [-0.2, 0) is 0 Å². The Hall–Kier alpha value is -2.74. The van der Waals surface area contributed by atoms with Gasteiger partial charge < -0.3 is 15.2 Å². The topological polar surface area (TPSA) is 75.6 Å². The van der Waals surface area contributed by atoms with E-state index in [2.05, 4.69) is 10.1 Å². The zero-order valence-corrected chi connectivity index (χ0v) is 13.4. The van der Waals surface area contributed by atoms with Gasteiger partial charge >= 0.3 is 6.36 Å². The van der Waals surface area contributed by atoms with E-state index in [0.717, 1.165) is 12.1 Å². The molecular weight excluding hydrogens is 363 g/mol. The lowest BCUT2D eigenvalue weighted by Crippen LogP contribution is -2.17. The number of anilines is 1. The highest BCUT2D eigenvalue weighted by atomic mass is 35.5. The maximum absolute atomic E-state index is 12.2. The molecule has 0 radical (unpaired) electrons. The van der Waals surface area contributed by atoms with Gasteiger partial charge in [0, 0.05) is 10.7 Å². The minimum Gasteiger partial charge on any atom is -0.506 e. The summed E-state index contributed by atoms with van der Waals surface area (Å²) in [6.45, 7) is 1.20. The SMILES string of the molecule is CC(=O)c1cc(Cl)cc(C(=O)Nc2ccc(OC(F)(F)F)cc2)c1O. The molecule has 5 nitrogen and oxygen atoms in total. The Morgan fingerprint density at radius 2 is 1.68 bits per heavy atom. The molecule has 0 aromatic heterocycles. The summed E-state index contributed by atoms with van der Waals surface area (Å²) < 4.78 is 40.0. The second-order valence-corrected chi connectivity index (χ2v) is 5.37. The number of carbonyl (C=O) groups excluding carboxylic acids is 2. The van der Waals surface area contributed by atoms with Crippen LogP contribution in [0.15, 0.2) is 36.4 Å². The van der Waals surface area contributed by atoms with E-state index in [1.54, 1.807) is 0 Å². The minimum atomic E-state index is -4.82. The lowest BCUT2D eigenvalue weighted by atomic mass is 10.1. The van der Waals surface area contributed by atoms with Crippen molar-refractivity contribution in [3.63, 3.8) is 0 Å². The Morgan fingerprint density at radius 1 is 1.12 bits per heavy atom. The van der Waals surface area contributed by atoms with Crippen LogP contribution in [0.3, 0.4) is 0 Å². The van der Waals surface area contributed by atoms with Crippen LogP contribution in [0.1, 0.15) is 27.6 Å². The fraction of sp³-hybridized carbons (Fsp3) is 0.125. The molecule has 25 heavy (non-hydrogen) atoms. The molecule has 0 unspecified atom stereocenters. The van der Waals surface area contributed by atoms with Gasteiger partial charge in [0.2, 0.25) is 0 Å². The van der Waals surface area contributed by atoms with E-state index >= 15 is 0 Å². The van der Waals surface area contributed by atoms with Crippen molar-refractivity contribution in [2.24, 2.45) is 0 Å². The van der Waals surface area contributed by atoms with Gasteiger partial charge in [-0.25, -0.2) is 0 Å². The predicted octanol–water partition coefficient (Wildman–Crippen LogP) is 4.40. The Labute approximate surface area is 145 Å². The molecule has 0 spiro atoms. The largest absolute Gasteiger partial charge is 0.573 e. The Kier molecular flexibility index (Phi) is 5.22. The van der Waals surface area contributed by atoms with Crippen LogP contribution in [0.25, 0.3) is 0 Å². The molecule has 0 aliphatic rings. The van der Waals surface area contributed by atoms with Crippen molar-refractivity contribution in [2.75, 3.05) is 5.32 Å². The molecule has 2 aromatic rings. The number of ketones is 1. The van der Waals surface area contributed by atoms with E-state index in [0.29, 0.717) is 0 Å². The Balaban J connectivity index is 2.21. The second kappa shape index (κ2) is 7.02. The number of Topliss-reactive ketones (excluding diaryl/α,β-unsaturated/α-hetero) is 1. The van der Waals surface area contributed by atoms with Gasteiger partial charge in [-0.15, -0.1) is 13.2 Å². The maximum Gasteiger partial charge on any atom is 0.573 e. The van der Waals surface area contributed by atoms with Gasteiger partial charge in [0.1, 0.15) is 11.5 Å². The maximum atomic E-state index is 12.2. The van der Waals surface area contributed by atoms with E-state index in [-0.39, 0.29) is 21.8 Å². The van der Waals surface area contributed by atoms with Crippen LogP contribution in [-0.4, -0.2) is 23.2 Å². The van der Waals surface area contributed by atoms with Crippen molar-refractivity contribution in [2.45, 2.75) is 13.3 Å². The molecule has 0 fully saturated rings. The van der Waals surface area contributed by atoms with Crippen LogP contribution >= 0.6 is 11.6 Å². The van der Waals surface area contributed by atoms with Crippen molar-refractivity contribution in [1.82, 2.24) is 0 Å². The van der Waals surface area contributed by atoms with Crippen molar-refractivity contribution in [1.29, 1.82) is 0 Å². The fourth-order valence-electron chi connectivity index (χ4n) is 1.98. The smallest absolute Gasteiger partial charge is 0.506 e. The molecule has 0 saturated heterocycles. The number of amides is 1. The number of nitrogens with one attached hydrogen (secondary N) is 1. The third-order valence-electron chi connectivity index (χ3n) is 3.04. The number of rotatable bonds is 4. The van der Waals surface area contributed by atoms with Gasteiger partial charge in [-0.2, -0.15) is 0 Å². The highest BCUT2D eigenvalue weighted by Gasteiger charge is 2.31. The molecule has 0 atom stereocenters. The lowest BCUT2D eigenvalue weighted by molar-refractivity contribution is -0.274. The van der Waals surface area contributed by atoms with Crippen molar-refractivity contribution < 1.29 is 32.6 Å². The molecule has 2 N–H and O–H groups in total. The first-order valence-electron chi connectivity index (χ1n) is 6.77. The highest BCUT2D eigenvalue weighted by molar-refractivity contribution is 6.31. The third-order valence-corrected chi connectivity index (χ3v) is 3.26. The summed E-state index contributed by atoms with van der Waals surface area (Å²) in [4.78, 5) is 23.7. The number of hydrogen-bond acceptors (Lipinski definition) is 4. The quantitative estimate of drug-likeness (QED) is 0.779. The van der Waals surface area contributed by atoms with Crippen molar-refractivity contribution in [3.8, 4) is 11.5 Å². The average Bonchev–Trinajstić information content (AvgIpc) is 2.49. The van der Waals surface area contributed by atoms with Crippen LogP contribution in [0.2, 0.25) is 5.02 Å². The van der Waals surface area contributed by atoms with E-state index in [1.807, 2.05) is 0 Å². The molecule has 9 heteroatoms. The summed E-state index contributed by atoms with van der Waals surface area (Å²) in [5.74, 6) is -2.25. The van der Waals surface area contributed by atoms with Crippen molar-refractivity contribution in [3.05, 3.63) is 52.5 Å².